The highest BCUT2D eigenvalue weighted by atomic mass is 19.1. The fraction of sp³-hybridized carbons (Fsp3) is 0.350. The molecule has 2 atom stereocenters. The van der Waals surface area contributed by atoms with Gasteiger partial charge in [-0.15, -0.1) is 0 Å². The maximum Gasteiger partial charge on any atom is 0.272 e. The summed E-state index contributed by atoms with van der Waals surface area (Å²) in [5.74, 6) is -2.53. The van der Waals surface area contributed by atoms with Crippen LogP contribution in [0.2, 0.25) is 0 Å². The molecule has 1 saturated heterocycles. The number of benzene rings is 1. The standard InChI is InChI=1S/C20H19F2N3O4/c1-11-4-5-25-18(29-11)10-24-9-14(17(26)7-16(24)20(25)28)19(27)23-8-12-2-3-13(21)6-15(12)22/h2-3,6-7,9,11,18H,4-5,8,10H2,1H3,(H,23,27). The van der Waals surface area contributed by atoms with Gasteiger partial charge >= 0.3 is 0 Å². The van der Waals surface area contributed by atoms with E-state index in [0.29, 0.717) is 19.5 Å². The second kappa shape index (κ2) is 7.40. The van der Waals surface area contributed by atoms with Gasteiger partial charge in [0.2, 0.25) is 0 Å². The van der Waals surface area contributed by atoms with Crippen molar-refractivity contribution in [1.82, 2.24) is 14.8 Å². The number of carbonyl (C=O) groups excluding carboxylic acids is 2. The Morgan fingerprint density at radius 2 is 2.07 bits per heavy atom. The van der Waals surface area contributed by atoms with Gasteiger partial charge in [-0.1, -0.05) is 6.07 Å². The predicted octanol–water partition coefficient (Wildman–Crippen LogP) is 1.65. The molecule has 3 heterocycles. The van der Waals surface area contributed by atoms with Crippen molar-refractivity contribution in [2.75, 3.05) is 6.54 Å². The zero-order valence-corrected chi connectivity index (χ0v) is 15.7. The average molecular weight is 403 g/mol. The maximum absolute atomic E-state index is 13.7. The third-order valence-corrected chi connectivity index (χ3v) is 5.17. The summed E-state index contributed by atoms with van der Waals surface area (Å²) < 4.78 is 34.1. The van der Waals surface area contributed by atoms with Gasteiger partial charge in [-0.05, 0) is 19.4 Å². The number of fused-ring (bicyclic) bond motifs is 2. The van der Waals surface area contributed by atoms with Crippen LogP contribution in [0.25, 0.3) is 0 Å². The Labute approximate surface area is 164 Å². The van der Waals surface area contributed by atoms with Crippen LogP contribution in [0, 0.1) is 11.6 Å². The lowest BCUT2D eigenvalue weighted by molar-refractivity contribution is -0.127. The highest BCUT2D eigenvalue weighted by Crippen LogP contribution is 2.24. The molecule has 0 saturated carbocycles. The van der Waals surface area contributed by atoms with E-state index in [2.05, 4.69) is 5.32 Å². The van der Waals surface area contributed by atoms with Crippen LogP contribution in [0.15, 0.2) is 35.3 Å². The quantitative estimate of drug-likeness (QED) is 0.845. The Morgan fingerprint density at radius 3 is 2.83 bits per heavy atom. The van der Waals surface area contributed by atoms with Crippen LogP contribution in [-0.4, -0.2) is 40.2 Å². The molecule has 0 radical (unpaired) electrons. The number of pyridine rings is 1. The van der Waals surface area contributed by atoms with Gasteiger partial charge in [0.1, 0.15) is 22.9 Å². The van der Waals surface area contributed by atoms with E-state index in [9.17, 15) is 23.2 Å². The van der Waals surface area contributed by atoms with Crippen LogP contribution in [0.5, 0.6) is 0 Å². The summed E-state index contributed by atoms with van der Waals surface area (Å²) in [5, 5.41) is 2.46. The first kappa shape index (κ1) is 19.3. The Bertz CT molecular complexity index is 1050. The number of nitrogens with zero attached hydrogens (tertiary/aromatic N) is 2. The largest absolute Gasteiger partial charge is 0.353 e. The first-order valence-corrected chi connectivity index (χ1v) is 9.26. The third kappa shape index (κ3) is 3.65. The lowest BCUT2D eigenvalue weighted by Crippen LogP contribution is -2.55. The van der Waals surface area contributed by atoms with Gasteiger partial charge in [0.05, 0.1) is 12.6 Å². The van der Waals surface area contributed by atoms with Crippen LogP contribution in [0.4, 0.5) is 8.78 Å². The molecule has 0 spiro atoms. The normalized spacial score (nSPS) is 20.8. The molecule has 29 heavy (non-hydrogen) atoms. The van der Waals surface area contributed by atoms with Crippen molar-refractivity contribution in [2.45, 2.75) is 38.8 Å². The molecule has 0 bridgehead atoms. The van der Waals surface area contributed by atoms with Crippen molar-refractivity contribution < 1.29 is 23.1 Å². The van der Waals surface area contributed by atoms with Gasteiger partial charge in [0, 0.05) is 37.0 Å². The summed E-state index contributed by atoms with van der Waals surface area (Å²) in [6.45, 7) is 2.57. The first-order chi connectivity index (χ1) is 13.8. The topological polar surface area (TPSA) is 80.6 Å². The van der Waals surface area contributed by atoms with Crippen LogP contribution in [0.1, 0.15) is 39.8 Å². The SMILES string of the molecule is CC1CCN2C(=O)c3cc(=O)c(C(=O)NCc4ccc(F)cc4F)cn3CC2O1. The molecular formula is C20H19F2N3O4. The van der Waals surface area contributed by atoms with E-state index in [1.165, 1.54) is 16.8 Å². The summed E-state index contributed by atoms with van der Waals surface area (Å²) in [4.78, 5) is 39.2. The van der Waals surface area contributed by atoms with Gasteiger partial charge in [0.15, 0.2) is 11.7 Å². The number of hydrogen-bond acceptors (Lipinski definition) is 4. The second-order valence-corrected chi connectivity index (χ2v) is 7.20. The van der Waals surface area contributed by atoms with E-state index < -0.39 is 29.2 Å². The van der Waals surface area contributed by atoms with Gasteiger partial charge in [-0.25, -0.2) is 8.78 Å². The molecule has 0 aliphatic carbocycles. The highest BCUT2D eigenvalue weighted by Gasteiger charge is 2.37. The molecule has 1 N–H and O–H groups in total. The number of carbonyl (C=O) groups is 2. The Hall–Kier alpha value is -3.07. The molecule has 2 aliphatic rings. The molecule has 1 aromatic carbocycles. The molecule has 7 nitrogen and oxygen atoms in total. The fourth-order valence-corrected chi connectivity index (χ4v) is 3.58. The monoisotopic (exact) mass is 403 g/mol. The molecular weight excluding hydrogens is 384 g/mol. The Morgan fingerprint density at radius 1 is 1.28 bits per heavy atom. The van der Waals surface area contributed by atoms with Crippen molar-refractivity contribution in [1.29, 1.82) is 0 Å². The molecule has 1 aromatic heterocycles. The molecule has 2 aliphatic heterocycles. The van der Waals surface area contributed by atoms with E-state index in [4.69, 9.17) is 4.74 Å². The zero-order chi connectivity index (χ0) is 20.7. The van der Waals surface area contributed by atoms with E-state index >= 15 is 0 Å². The maximum atomic E-state index is 13.7. The minimum atomic E-state index is -0.790. The average Bonchev–Trinajstić information content (AvgIpc) is 2.67. The molecule has 152 valence electrons. The van der Waals surface area contributed by atoms with Gasteiger partial charge in [0.25, 0.3) is 11.8 Å². The molecule has 1 fully saturated rings. The lowest BCUT2D eigenvalue weighted by atomic mass is 10.1. The summed E-state index contributed by atoms with van der Waals surface area (Å²) in [5.41, 5.74) is -0.480. The summed E-state index contributed by atoms with van der Waals surface area (Å²) in [6, 6.07) is 4.17. The predicted molar refractivity (Wildman–Crippen MR) is 98.2 cm³/mol. The Kier molecular flexibility index (Phi) is 4.91. The van der Waals surface area contributed by atoms with Crippen molar-refractivity contribution in [3.8, 4) is 0 Å². The molecule has 2 unspecified atom stereocenters. The minimum Gasteiger partial charge on any atom is -0.353 e. The summed E-state index contributed by atoms with van der Waals surface area (Å²) >= 11 is 0. The van der Waals surface area contributed by atoms with E-state index in [-0.39, 0.29) is 35.4 Å². The third-order valence-electron chi connectivity index (χ3n) is 5.17. The van der Waals surface area contributed by atoms with Crippen molar-refractivity contribution in [2.24, 2.45) is 0 Å². The number of amides is 2. The minimum absolute atomic E-state index is 0.0124. The number of rotatable bonds is 3. The number of nitrogens with one attached hydrogen (secondary N) is 1. The van der Waals surface area contributed by atoms with E-state index in [0.717, 1.165) is 18.2 Å². The van der Waals surface area contributed by atoms with Crippen molar-refractivity contribution in [3.05, 3.63) is 69.1 Å². The first-order valence-electron chi connectivity index (χ1n) is 9.26. The number of ether oxygens (including phenoxy) is 1. The molecule has 2 aromatic rings. The van der Waals surface area contributed by atoms with E-state index in [1.54, 1.807) is 4.90 Å². The number of aromatic nitrogens is 1. The van der Waals surface area contributed by atoms with Crippen LogP contribution in [-0.2, 0) is 17.8 Å². The van der Waals surface area contributed by atoms with Crippen LogP contribution in [0.3, 0.4) is 0 Å². The molecule has 2 amide bonds. The van der Waals surface area contributed by atoms with Crippen molar-refractivity contribution in [3.63, 3.8) is 0 Å². The number of halogens is 2. The molecule has 4 rings (SSSR count). The smallest absolute Gasteiger partial charge is 0.272 e. The van der Waals surface area contributed by atoms with E-state index in [1.807, 2.05) is 6.92 Å². The van der Waals surface area contributed by atoms with Gasteiger partial charge < -0.3 is 19.5 Å². The van der Waals surface area contributed by atoms with Crippen LogP contribution < -0.4 is 10.7 Å². The zero-order valence-electron chi connectivity index (χ0n) is 15.7. The second-order valence-electron chi connectivity index (χ2n) is 7.20. The highest BCUT2D eigenvalue weighted by molar-refractivity contribution is 5.96. The summed E-state index contributed by atoms with van der Waals surface area (Å²) in [6.07, 6.45) is 1.60. The fourth-order valence-electron chi connectivity index (χ4n) is 3.58. The van der Waals surface area contributed by atoms with Crippen LogP contribution >= 0.6 is 0 Å². The van der Waals surface area contributed by atoms with Gasteiger partial charge in [-0.3, -0.25) is 14.4 Å². The van der Waals surface area contributed by atoms with Crippen molar-refractivity contribution >= 4 is 11.8 Å². The lowest BCUT2D eigenvalue weighted by Gasteiger charge is -2.42. The summed E-state index contributed by atoms with van der Waals surface area (Å²) in [7, 11) is 0. The Balaban J connectivity index is 1.56. The van der Waals surface area contributed by atoms with Gasteiger partial charge in [-0.2, -0.15) is 0 Å². The number of hydrogen-bond donors (Lipinski definition) is 1. The molecule has 9 heteroatoms.